The van der Waals surface area contributed by atoms with E-state index in [1.54, 1.807) is 0 Å². The second-order valence-electron chi connectivity index (χ2n) is 5.18. The maximum absolute atomic E-state index is 11.3. The van der Waals surface area contributed by atoms with Crippen molar-refractivity contribution in [2.45, 2.75) is 58.3 Å². The van der Waals surface area contributed by atoms with Crippen LogP contribution in [0.15, 0.2) is 0 Å². The Morgan fingerprint density at radius 2 is 1.33 bits per heavy atom. The highest BCUT2D eigenvalue weighted by Crippen LogP contribution is 2.26. The van der Waals surface area contributed by atoms with Gasteiger partial charge in [0.05, 0.1) is 0 Å². The summed E-state index contributed by atoms with van der Waals surface area (Å²) in [6.45, 7) is 4.32. The highest BCUT2D eigenvalue weighted by molar-refractivity contribution is 5.68. The number of nitrogens with two attached hydrogens (primary N) is 1. The third kappa shape index (κ3) is 5.78. The Kier molecular flexibility index (Phi) is 7.11. The average molecular weight is 347 g/mol. The van der Waals surface area contributed by atoms with Gasteiger partial charge in [-0.15, -0.1) is 0 Å². The molecule has 24 heavy (non-hydrogen) atoms. The van der Waals surface area contributed by atoms with Crippen LogP contribution in [0, 0.1) is 0 Å². The Balaban J connectivity index is 3.08. The average Bonchev–Trinajstić information content (AvgIpc) is 2.42. The number of ether oxygens (including phenoxy) is 5. The predicted octanol–water partition coefficient (Wildman–Crippen LogP) is -0.972. The van der Waals surface area contributed by atoms with Gasteiger partial charge in [-0.3, -0.25) is 19.2 Å². The lowest BCUT2D eigenvalue weighted by Crippen LogP contribution is -2.65. The minimum absolute atomic E-state index is 0.310. The van der Waals surface area contributed by atoms with E-state index < -0.39 is 54.5 Å². The van der Waals surface area contributed by atoms with Gasteiger partial charge < -0.3 is 29.4 Å². The summed E-state index contributed by atoms with van der Waals surface area (Å²) in [7, 11) is 0. The molecule has 10 nitrogen and oxygen atoms in total. The van der Waals surface area contributed by atoms with Crippen LogP contribution in [0.2, 0.25) is 0 Å². The Morgan fingerprint density at radius 1 is 0.833 bits per heavy atom. The topological polar surface area (TPSA) is 140 Å². The molecule has 5 atom stereocenters. The molecule has 2 unspecified atom stereocenters. The number of esters is 4. The summed E-state index contributed by atoms with van der Waals surface area (Å²) in [6, 6.07) is -1.10. The summed E-state index contributed by atoms with van der Waals surface area (Å²) in [5.41, 5.74) is 5.93. The zero-order valence-electron chi connectivity index (χ0n) is 13.8. The fourth-order valence-corrected chi connectivity index (χ4v) is 2.20. The van der Waals surface area contributed by atoms with Gasteiger partial charge in [0, 0.05) is 27.7 Å². The van der Waals surface area contributed by atoms with Gasteiger partial charge in [-0.25, -0.2) is 0 Å². The lowest BCUT2D eigenvalue weighted by Gasteiger charge is -2.42. The van der Waals surface area contributed by atoms with E-state index in [1.165, 1.54) is 6.92 Å². The summed E-state index contributed by atoms with van der Waals surface area (Å²) in [6.07, 6.45) is -4.58. The summed E-state index contributed by atoms with van der Waals surface area (Å²) in [4.78, 5) is 44.9. The molecule has 0 saturated carbocycles. The minimum Gasteiger partial charge on any atom is -0.463 e. The molecular formula is C14H21NO9. The van der Waals surface area contributed by atoms with E-state index in [-0.39, 0.29) is 6.61 Å². The Labute approximate surface area is 138 Å². The van der Waals surface area contributed by atoms with Crippen LogP contribution in [0.5, 0.6) is 0 Å². The fraction of sp³-hybridized carbons (Fsp3) is 0.714. The molecule has 0 aliphatic carbocycles. The monoisotopic (exact) mass is 347 g/mol. The highest BCUT2D eigenvalue weighted by Gasteiger charge is 2.50. The molecule has 0 amide bonds. The first-order valence-electron chi connectivity index (χ1n) is 7.18. The van der Waals surface area contributed by atoms with Crippen molar-refractivity contribution >= 4 is 23.9 Å². The van der Waals surface area contributed by atoms with E-state index in [1.807, 2.05) is 0 Å². The molecule has 0 aromatic carbocycles. The molecule has 0 aromatic heterocycles. The Hall–Kier alpha value is -2.20. The van der Waals surface area contributed by atoms with Crippen LogP contribution in [-0.4, -0.2) is 61.1 Å². The van der Waals surface area contributed by atoms with Crippen LogP contribution >= 0.6 is 0 Å². The van der Waals surface area contributed by atoms with Gasteiger partial charge in [-0.05, 0) is 0 Å². The zero-order valence-corrected chi connectivity index (χ0v) is 13.8. The largest absolute Gasteiger partial charge is 0.463 e. The number of carbonyl (C=O) groups is 4. The van der Waals surface area contributed by atoms with Crippen molar-refractivity contribution in [3.8, 4) is 0 Å². The van der Waals surface area contributed by atoms with Crippen LogP contribution in [0.1, 0.15) is 27.7 Å². The van der Waals surface area contributed by atoms with Crippen LogP contribution < -0.4 is 5.73 Å². The lowest BCUT2D eigenvalue weighted by molar-refractivity contribution is -0.267. The van der Waals surface area contributed by atoms with E-state index in [9.17, 15) is 19.2 Å². The molecule has 1 aliphatic heterocycles. The van der Waals surface area contributed by atoms with Crippen molar-refractivity contribution in [2.24, 2.45) is 5.73 Å². The van der Waals surface area contributed by atoms with Crippen molar-refractivity contribution in [1.29, 1.82) is 0 Å². The minimum atomic E-state index is -1.26. The van der Waals surface area contributed by atoms with Crippen molar-refractivity contribution in [3.63, 3.8) is 0 Å². The van der Waals surface area contributed by atoms with Crippen LogP contribution in [0.25, 0.3) is 0 Å². The first-order valence-corrected chi connectivity index (χ1v) is 7.18. The standard InChI is InChI=1S/C14H21NO9/c1-6(16)20-5-10-12(21-7(2)17)13(22-8(3)18)11(15)14(24-10)23-9(4)19/h10-14H,5,15H2,1-4H3/t10?,11?,12-,13-,14+/m1/s1. The van der Waals surface area contributed by atoms with Crippen LogP contribution in [0.3, 0.4) is 0 Å². The normalized spacial score (nSPS) is 29.3. The molecule has 10 heteroatoms. The molecule has 2 N–H and O–H groups in total. The van der Waals surface area contributed by atoms with E-state index in [4.69, 9.17) is 29.4 Å². The molecule has 1 fully saturated rings. The molecule has 0 aromatic rings. The molecule has 0 bridgehead atoms. The van der Waals surface area contributed by atoms with Crippen molar-refractivity contribution < 1.29 is 42.9 Å². The summed E-state index contributed by atoms with van der Waals surface area (Å²) in [5.74, 6) is -2.62. The molecule has 0 spiro atoms. The maximum Gasteiger partial charge on any atom is 0.304 e. The second-order valence-corrected chi connectivity index (χ2v) is 5.18. The smallest absolute Gasteiger partial charge is 0.304 e. The maximum atomic E-state index is 11.3. The SMILES string of the molecule is CC(=O)OCC1O[C@H](OC(C)=O)C(N)[C@@H](OC(C)=O)[C@@H]1OC(C)=O. The third-order valence-electron chi connectivity index (χ3n) is 3.03. The van der Waals surface area contributed by atoms with Crippen molar-refractivity contribution in [3.05, 3.63) is 0 Å². The van der Waals surface area contributed by atoms with Gasteiger partial charge in [0.25, 0.3) is 0 Å². The molecule has 1 heterocycles. The lowest BCUT2D eigenvalue weighted by atomic mass is 9.97. The van der Waals surface area contributed by atoms with Gasteiger partial charge >= 0.3 is 23.9 Å². The molecular weight excluding hydrogens is 326 g/mol. The van der Waals surface area contributed by atoms with Crippen LogP contribution in [0.4, 0.5) is 0 Å². The van der Waals surface area contributed by atoms with E-state index in [0.29, 0.717) is 0 Å². The summed E-state index contributed by atoms with van der Waals surface area (Å²) < 4.78 is 25.5. The van der Waals surface area contributed by atoms with E-state index >= 15 is 0 Å². The molecule has 0 radical (unpaired) electrons. The quantitative estimate of drug-likeness (QED) is 0.487. The first-order chi connectivity index (χ1) is 11.1. The number of rotatable bonds is 5. The van der Waals surface area contributed by atoms with Gasteiger partial charge in [-0.2, -0.15) is 0 Å². The molecule has 1 rings (SSSR count). The van der Waals surface area contributed by atoms with Crippen molar-refractivity contribution in [2.75, 3.05) is 6.61 Å². The molecule has 136 valence electrons. The third-order valence-corrected chi connectivity index (χ3v) is 3.03. The number of carbonyl (C=O) groups excluding carboxylic acids is 4. The Morgan fingerprint density at radius 3 is 1.79 bits per heavy atom. The fourth-order valence-electron chi connectivity index (χ4n) is 2.20. The van der Waals surface area contributed by atoms with Gasteiger partial charge in [0.15, 0.2) is 12.2 Å². The van der Waals surface area contributed by atoms with Crippen LogP contribution in [-0.2, 0) is 42.9 Å². The molecule has 1 aliphatic rings. The first kappa shape index (κ1) is 19.8. The van der Waals surface area contributed by atoms with Gasteiger partial charge in [0.2, 0.25) is 6.29 Å². The second kappa shape index (κ2) is 8.60. The van der Waals surface area contributed by atoms with Gasteiger partial charge in [0.1, 0.15) is 18.8 Å². The predicted molar refractivity (Wildman–Crippen MR) is 76.1 cm³/mol. The Bertz CT molecular complexity index is 490. The van der Waals surface area contributed by atoms with Gasteiger partial charge in [-0.1, -0.05) is 0 Å². The number of hydrogen-bond acceptors (Lipinski definition) is 10. The highest BCUT2D eigenvalue weighted by atomic mass is 16.7. The molecule has 1 saturated heterocycles. The summed E-state index contributed by atoms with van der Waals surface area (Å²) >= 11 is 0. The van der Waals surface area contributed by atoms with E-state index in [2.05, 4.69) is 0 Å². The zero-order chi connectivity index (χ0) is 18.4. The summed E-state index contributed by atoms with van der Waals surface area (Å²) in [5, 5.41) is 0. The number of hydrogen-bond donors (Lipinski definition) is 1. The van der Waals surface area contributed by atoms with E-state index in [0.717, 1.165) is 20.8 Å². The van der Waals surface area contributed by atoms with Crippen molar-refractivity contribution in [1.82, 2.24) is 0 Å².